The molecule has 1 heterocycles. The zero-order chi connectivity index (χ0) is 22.3. The molecular formula is C20H26N2O8. The van der Waals surface area contributed by atoms with E-state index in [-0.39, 0.29) is 41.5 Å². The van der Waals surface area contributed by atoms with Crippen molar-refractivity contribution >= 4 is 18.0 Å². The number of hydrogen-bond acceptors (Lipinski definition) is 8. The van der Waals surface area contributed by atoms with Crippen LogP contribution in [0.15, 0.2) is 23.4 Å². The van der Waals surface area contributed by atoms with Crippen LogP contribution in [-0.4, -0.2) is 58.6 Å². The van der Waals surface area contributed by atoms with Crippen molar-refractivity contribution in [2.24, 2.45) is 0 Å². The Morgan fingerprint density at radius 3 is 2.23 bits per heavy atom. The summed E-state index contributed by atoms with van der Waals surface area (Å²) in [6.07, 6.45) is 0.461. The van der Waals surface area contributed by atoms with E-state index in [4.69, 9.17) is 23.7 Å². The highest BCUT2D eigenvalue weighted by Crippen LogP contribution is 2.40. The van der Waals surface area contributed by atoms with Gasteiger partial charge < -0.3 is 34.3 Å². The van der Waals surface area contributed by atoms with Crippen LogP contribution in [0.4, 0.5) is 4.79 Å². The van der Waals surface area contributed by atoms with E-state index in [9.17, 15) is 14.4 Å². The van der Waals surface area contributed by atoms with Gasteiger partial charge in [0.25, 0.3) is 0 Å². The summed E-state index contributed by atoms with van der Waals surface area (Å²) in [4.78, 5) is 37.0. The molecule has 0 bridgehead atoms. The summed E-state index contributed by atoms with van der Waals surface area (Å²) < 4.78 is 26.2. The minimum absolute atomic E-state index is 0.0979. The molecule has 0 saturated carbocycles. The van der Waals surface area contributed by atoms with Crippen molar-refractivity contribution in [1.29, 1.82) is 0 Å². The van der Waals surface area contributed by atoms with Crippen LogP contribution in [0, 0.1) is 0 Å². The van der Waals surface area contributed by atoms with Crippen molar-refractivity contribution in [3.8, 4) is 17.2 Å². The first-order valence-corrected chi connectivity index (χ1v) is 9.35. The summed E-state index contributed by atoms with van der Waals surface area (Å²) in [5.74, 6) is -0.560. The lowest BCUT2D eigenvalue weighted by atomic mass is 10.0. The summed E-state index contributed by atoms with van der Waals surface area (Å²) in [5.41, 5.74) is 0.476. The van der Waals surface area contributed by atoms with Crippen LogP contribution < -0.4 is 24.8 Å². The maximum Gasteiger partial charge on any atom is 0.342 e. The van der Waals surface area contributed by atoms with Gasteiger partial charge in [-0.2, -0.15) is 0 Å². The van der Waals surface area contributed by atoms with Crippen LogP contribution >= 0.6 is 0 Å². The number of esters is 2. The lowest BCUT2D eigenvalue weighted by Crippen LogP contribution is -2.51. The Kier molecular flexibility index (Phi) is 7.90. The molecule has 164 valence electrons. The fraction of sp³-hybridized carbons (Fsp3) is 0.450. The number of ether oxygens (including phenoxy) is 5. The van der Waals surface area contributed by atoms with E-state index in [0.29, 0.717) is 12.2 Å². The van der Waals surface area contributed by atoms with E-state index in [2.05, 4.69) is 10.6 Å². The van der Waals surface area contributed by atoms with Gasteiger partial charge in [0.1, 0.15) is 12.2 Å². The van der Waals surface area contributed by atoms with E-state index >= 15 is 0 Å². The van der Waals surface area contributed by atoms with Gasteiger partial charge in [0.15, 0.2) is 11.5 Å². The molecule has 0 aromatic heterocycles. The predicted octanol–water partition coefficient (Wildman–Crippen LogP) is 1.78. The zero-order valence-corrected chi connectivity index (χ0v) is 17.6. The van der Waals surface area contributed by atoms with Crippen molar-refractivity contribution in [3.63, 3.8) is 0 Å². The highest BCUT2D eigenvalue weighted by molar-refractivity contribution is 5.96. The normalized spacial score (nSPS) is 15.6. The zero-order valence-electron chi connectivity index (χ0n) is 17.6. The number of benzene rings is 1. The number of amides is 2. The molecule has 0 aliphatic carbocycles. The molecule has 10 heteroatoms. The van der Waals surface area contributed by atoms with Gasteiger partial charge >= 0.3 is 18.0 Å². The fourth-order valence-corrected chi connectivity index (χ4v) is 3.05. The highest BCUT2D eigenvalue weighted by Gasteiger charge is 2.32. The topological polar surface area (TPSA) is 121 Å². The van der Waals surface area contributed by atoms with E-state index in [0.717, 1.165) is 0 Å². The monoisotopic (exact) mass is 422 g/mol. The van der Waals surface area contributed by atoms with Crippen LogP contribution in [0.1, 0.15) is 30.6 Å². The summed E-state index contributed by atoms with van der Waals surface area (Å²) >= 11 is 0. The van der Waals surface area contributed by atoms with Gasteiger partial charge in [0.2, 0.25) is 5.75 Å². The first-order valence-electron chi connectivity index (χ1n) is 9.35. The van der Waals surface area contributed by atoms with Crippen molar-refractivity contribution in [1.82, 2.24) is 10.6 Å². The molecule has 1 aromatic rings. The molecule has 0 fully saturated rings. The van der Waals surface area contributed by atoms with Gasteiger partial charge in [-0.05, 0) is 25.5 Å². The van der Waals surface area contributed by atoms with Crippen molar-refractivity contribution in [2.45, 2.75) is 26.3 Å². The lowest BCUT2D eigenvalue weighted by Gasteiger charge is -2.28. The Morgan fingerprint density at radius 1 is 0.967 bits per heavy atom. The highest BCUT2D eigenvalue weighted by atomic mass is 16.5. The Bertz CT molecular complexity index is 849. The molecule has 10 nitrogen and oxygen atoms in total. The minimum atomic E-state index is -0.732. The number of nitrogens with one attached hydrogen (secondary N) is 2. The van der Waals surface area contributed by atoms with Gasteiger partial charge in [-0.15, -0.1) is 0 Å². The van der Waals surface area contributed by atoms with Crippen LogP contribution in [0.5, 0.6) is 17.2 Å². The largest absolute Gasteiger partial charge is 0.493 e. The average molecular weight is 422 g/mol. The number of hydrogen-bond donors (Lipinski definition) is 2. The first-order chi connectivity index (χ1) is 14.4. The number of carbonyl (C=O) groups excluding carboxylic acids is 3. The molecule has 1 aliphatic heterocycles. The first kappa shape index (κ1) is 22.9. The molecule has 1 aliphatic rings. The van der Waals surface area contributed by atoms with Crippen LogP contribution in [0.25, 0.3) is 0 Å². The Labute approximate surface area is 174 Å². The fourth-order valence-electron chi connectivity index (χ4n) is 3.05. The quantitative estimate of drug-likeness (QED) is 0.578. The lowest BCUT2D eigenvalue weighted by molar-refractivity contribution is -0.139. The molecule has 0 radical (unpaired) electrons. The Hall–Kier alpha value is -3.43. The minimum Gasteiger partial charge on any atom is -0.493 e. The smallest absolute Gasteiger partial charge is 0.342 e. The molecule has 0 saturated heterocycles. The van der Waals surface area contributed by atoms with Gasteiger partial charge in [-0.3, -0.25) is 0 Å². The summed E-state index contributed by atoms with van der Waals surface area (Å²) in [7, 11) is 4.26. The molecular weight excluding hydrogens is 396 g/mol. The molecule has 1 atom stereocenters. The predicted molar refractivity (Wildman–Crippen MR) is 106 cm³/mol. The summed E-state index contributed by atoms with van der Waals surface area (Å²) in [6.45, 7) is 3.32. The van der Waals surface area contributed by atoms with Gasteiger partial charge in [-0.1, -0.05) is 6.92 Å². The van der Waals surface area contributed by atoms with E-state index in [1.165, 1.54) is 27.4 Å². The van der Waals surface area contributed by atoms with Crippen molar-refractivity contribution < 1.29 is 38.1 Å². The average Bonchev–Trinajstić information content (AvgIpc) is 2.75. The Morgan fingerprint density at radius 2 is 1.67 bits per heavy atom. The van der Waals surface area contributed by atoms with E-state index in [1.54, 1.807) is 13.0 Å². The van der Waals surface area contributed by atoms with Gasteiger partial charge in [-0.25, -0.2) is 14.4 Å². The third-order valence-electron chi connectivity index (χ3n) is 4.42. The number of methoxy groups -OCH3 is 3. The number of carbonyl (C=O) groups is 3. The van der Waals surface area contributed by atoms with Crippen molar-refractivity contribution in [2.75, 3.05) is 34.5 Å². The second kappa shape index (κ2) is 10.4. The molecule has 0 spiro atoms. The number of rotatable bonds is 9. The van der Waals surface area contributed by atoms with Crippen molar-refractivity contribution in [3.05, 3.63) is 29.0 Å². The second-order valence-corrected chi connectivity index (χ2v) is 6.13. The van der Waals surface area contributed by atoms with E-state index < -0.39 is 24.0 Å². The van der Waals surface area contributed by atoms with E-state index in [1.807, 2.05) is 6.92 Å². The SMILES string of the molecule is CCOC(=O)C1=C(COC(=O)c2ccc(OC)c(OC)c2OC)NC(=O)N[C@H]1CC. The molecule has 0 unspecified atom stereocenters. The Balaban J connectivity index is 2.32. The third kappa shape index (κ3) is 4.76. The third-order valence-corrected chi connectivity index (χ3v) is 4.42. The molecule has 1 aromatic carbocycles. The molecule has 2 rings (SSSR count). The van der Waals surface area contributed by atoms with Crippen LogP contribution in [-0.2, 0) is 14.3 Å². The molecule has 2 N–H and O–H groups in total. The standard InChI is InChI=1S/C20H26N2O8/c1-6-12-15(19(24)29-7-2)13(22-20(25)21-12)10-30-18(23)11-8-9-14(26-3)17(28-5)16(11)27-4/h8-9,12H,6-7,10H2,1-5H3,(H2,21,22,25)/t12-/m0/s1. The molecule has 30 heavy (non-hydrogen) atoms. The summed E-state index contributed by atoms with van der Waals surface area (Å²) in [6, 6.07) is 1.96. The summed E-state index contributed by atoms with van der Waals surface area (Å²) in [5, 5.41) is 5.17. The van der Waals surface area contributed by atoms with Gasteiger partial charge in [0.05, 0.1) is 45.2 Å². The maximum absolute atomic E-state index is 12.7. The maximum atomic E-state index is 12.7. The number of urea groups is 1. The van der Waals surface area contributed by atoms with Crippen LogP contribution in [0.2, 0.25) is 0 Å². The second-order valence-electron chi connectivity index (χ2n) is 6.13. The molecule has 2 amide bonds. The van der Waals surface area contributed by atoms with Crippen LogP contribution in [0.3, 0.4) is 0 Å². The van der Waals surface area contributed by atoms with Gasteiger partial charge in [0, 0.05) is 0 Å².